The van der Waals surface area contributed by atoms with Gasteiger partial charge in [-0.2, -0.15) is 0 Å². The molecule has 0 saturated heterocycles. The number of phosphoric ester groups is 1. The summed E-state index contributed by atoms with van der Waals surface area (Å²) in [5.41, 5.74) is 0. The van der Waals surface area contributed by atoms with E-state index in [2.05, 4.69) is 43.5 Å². The number of phosphoric acid groups is 1. The van der Waals surface area contributed by atoms with Crippen molar-refractivity contribution in [3.05, 3.63) is 24.3 Å². The predicted octanol–water partition coefficient (Wildman–Crippen LogP) is 12.1. The Hall–Kier alpha value is -1.02. The van der Waals surface area contributed by atoms with Crippen LogP contribution >= 0.6 is 7.82 Å². The molecule has 1 amide bonds. The van der Waals surface area contributed by atoms with Crippen LogP contribution in [0.1, 0.15) is 200 Å². The molecule has 3 atom stereocenters. The number of hydrogen-bond donors (Lipinski definition) is 3. The SMILES string of the molecule is CCCCC/C=C\C/C=C\CCCCCCCCCCCC(=O)NC(COP(=O)(O)OCC[N+](C)(C)C)C(O)CCCCCCCCCCCCCC. The molecule has 53 heavy (non-hydrogen) atoms. The number of amides is 1. The zero-order valence-electron chi connectivity index (χ0n) is 35.5. The van der Waals surface area contributed by atoms with Gasteiger partial charge in [0.15, 0.2) is 0 Å². The highest BCUT2D eigenvalue weighted by molar-refractivity contribution is 7.47. The van der Waals surface area contributed by atoms with Gasteiger partial charge in [0.1, 0.15) is 13.2 Å². The van der Waals surface area contributed by atoms with Crippen LogP contribution in [0.15, 0.2) is 24.3 Å². The molecule has 0 aromatic heterocycles. The van der Waals surface area contributed by atoms with Gasteiger partial charge in [0.05, 0.1) is 39.9 Å². The first-order valence-electron chi connectivity index (χ1n) is 22.2. The highest BCUT2D eigenvalue weighted by Crippen LogP contribution is 2.43. The van der Waals surface area contributed by atoms with Crippen molar-refractivity contribution in [3.8, 4) is 0 Å². The minimum atomic E-state index is -4.31. The predicted molar refractivity (Wildman–Crippen MR) is 226 cm³/mol. The maximum Gasteiger partial charge on any atom is 0.472 e. The number of aliphatic hydroxyl groups excluding tert-OH is 1. The van der Waals surface area contributed by atoms with Crippen LogP contribution < -0.4 is 5.32 Å². The van der Waals surface area contributed by atoms with Crippen molar-refractivity contribution in [2.24, 2.45) is 0 Å². The molecule has 3 unspecified atom stereocenters. The van der Waals surface area contributed by atoms with E-state index in [1.807, 2.05) is 21.1 Å². The largest absolute Gasteiger partial charge is 0.472 e. The Labute approximate surface area is 328 Å². The Morgan fingerprint density at radius 1 is 0.642 bits per heavy atom. The average molecular weight is 772 g/mol. The summed E-state index contributed by atoms with van der Waals surface area (Å²) < 4.78 is 23.6. The number of nitrogens with one attached hydrogen (secondary N) is 1. The number of carbonyl (C=O) groups is 1. The molecule has 0 radical (unpaired) electrons. The summed E-state index contributed by atoms with van der Waals surface area (Å²) >= 11 is 0. The van der Waals surface area contributed by atoms with Gasteiger partial charge in [0.2, 0.25) is 5.91 Å². The smallest absolute Gasteiger partial charge is 0.391 e. The standard InChI is InChI=1S/C44H87N2O6P/c1-6-8-10-12-14-16-18-20-21-22-23-24-25-26-28-30-32-34-36-38-44(48)45-42(41-52-53(49,50)51-40-39-46(3,4)5)43(47)37-35-33-31-29-27-19-17-15-13-11-9-7-2/h14,16,20-21,42-43,47H,6-13,15,17-19,22-41H2,1-5H3,(H-,45,48,49,50)/p+1/b16-14-,21-20-. The van der Waals surface area contributed by atoms with Crippen molar-refractivity contribution in [1.82, 2.24) is 5.32 Å². The van der Waals surface area contributed by atoms with E-state index in [0.717, 1.165) is 44.9 Å². The van der Waals surface area contributed by atoms with Gasteiger partial charge in [0, 0.05) is 6.42 Å². The molecule has 0 aliphatic carbocycles. The lowest BCUT2D eigenvalue weighted by Gasteiger charge is -2.26. The summed E-state index contributed by atoms with van der Waals surface area (Å²) in [6.07, 6.45) is 41.9. The van der Waals surface area contributed by atoms with Crippen molar-refractivity contribution in [3.63, 3.8) is 0 Å². The van der Waals surface area contributed by atoms with Crippen molar-refractivity contribution in [2.45, 2.75) is 212 Å². The van der Waals surface area contributed by atoms with Crippen LogP contribution in [0, 0.1) is 0 Å². The molecule has 0 aliphatic rings. The van der Waals surface area contributed by atoms with Gasteiger partial charge in [-0.25, -0.2) is 4.57 Å². The zero-order valence-corrected chi connectivity index (χ0v) is 36.4. The average Bonchev–Trinajstić information content (AvgIpc) is 3.10. The Morgan fingerprint density at radius 2 is 1.08 bits per heavy atom. The van der Waals surface area contributed by atoms with Crippen molar-refractivity contribution < 1.29 is 32.9 Å². The van der Waals surface area contributed by atoms with Crippen LogP contribution in [0.3, 0.4) is 0 Å². The molecule has 9 heteroatoms. The normalized spacial score (nSPS) is 14.6. The minimum absolute atomic E-state index is 0.0743. The topological polar surface area (TPSA) is 105 Å². The van der Waals surface area contributed by atoms with Gasteiger partial charge < -0.3 is 19.8 Å². The second-order valence-corrected chi connectivity index (χ2v) is 17.9. The lowest BCUT2D eigenvalue weighted by Crippen LogP contribution is -2.46. The van der Waals surface area contributed by atoms with E-state index in [4.69, 9.17) is 9.05 Å². The van der Waals surface area contributed by atoms with Gasteiger partial charge in [-0.1, -0.05) is 173 Å². The molecule has 8 nitrogen and oxygen atoms in total. The van der Waals surface area contributed by atoms with E-state index in [1.165, 1.54) is 128 Å². The number of hydrogen-bond acceptors (Lipinski definition) is 5. The molecular weight excluding hydrogens is 683 g/mol. The second kappa shape index (κ2) is 36.6. The molecule has 0 aliphatic heterocycles. The quantitative estimate of drug-likeness (QED) is 0.0248. The maximum absolute atomic E-state index is 12.9. The summed E-state index contributed by atoms with van der Waals surface area (Å²) in [5, 5.41) is 13.9. The lowest BCUT2D eigenvalue weighted by molar-refractivity contribution is -0.870. The number of allylic oxidation sites excluding steroid dienone is 4. The number of quaternary nitrogens is 1. The Balaban J connectivity index is 4.33. The van der Waals surface area contributed by atoms with Gasteiger partial charge in [0.25, 0.3) is 0 Å². The Bertz CT molecular complexity index is 922. The monoisotopic (exact) mass is 772 g/mol. The van der Waals surface area contributed by atoms with E-state index in [9.17, 15) is 19.4 Å². The molecule has 0 fully saturated rings. The third-order valence-corrected chi connectivity index (χ3v) is 10.9. The maximum atomic E-state index is 12.9. The lowest BCUT2D eigenvalue weighted by atomic mass is 10.0. The molecule has 0 aromatic rings. The van der Waals surface area contributed by atoms with Gasteiger partial charge in [-0.3, -0.25) is 13.8 Å². The number of carbonyl (C=O) groups excluding carboxylic acids is 1. The summed E-state index contributed by atoms with van der Waals surface area (Å²) in [4.78, 5) is 23.1. The van der Waals surface area contributed by atoms with E-state index >= 15 is 0 Å². The molecule has 314 valence electrons. The summed E-state index contributed by atoms with van der Waals surface area (Å²) in [7, 11) is 1.61. The number of aliphatic hydroxyl groups is 1. The van der Waals surface area contributed by atoms with Crippen LogP contribution in [-0.4, -0.2) is 73.4 Å². The molecular formula is C44H88N2O6P+. The van der Waals surface area contributed by atoms with Crippen LogP contribution in [-0.2, 0) is 18.4 Å². The second-order valence-electron chi connectivity index (χ2n) is 16.4. The zero-order chi connectivity index (χ0) is 39.3. The van der Waals surface area contributed by atoms with Crippen LogP contribution in [0.2, 0.25) is 0 Å². The highest BCUT2D eigenvalue weighted by atomic mass is 31.2. The highest BCUT2D eigenvalue weighted by Gasteiger charge is 2.28. The first kappa shape index (κ1) is 52.0. The summed E-state index contributed by atoms with van der Waals surface area (Å²) in [6.45, 7) is 4.85. The van der Waals surface area contributed by atoms with Crippen LogP contribution in [0.4, 0.5) is 0 Å². The Morgan fingerprint density at radius 3 is 1.58 bits per heavy atom. The molecule has 0 aromatic carbocycles. The fraction of sp³-hybridized carbons (Fsp3) is 0.886. The first-order valence-corrected chi connectivity index (χ1v) is 23.7. The minimum Gasteiger partial charge on any atom is -0.391 e. The molecule has 0 saturated carbocycles. The third-order valence-electron chi connectivity index (χ3n) is 9.95. The van der Waals surface area contributed by atoms with E-state index in [0.29, 0.717) is 23.9 Å². The van der Waals surface area contributed by atoms with Crippen LogP contribution in [0.25, 0.3) is 0 Å². The van der Waals surface area contributed by atoms with Crippen LogP contribution in [0.5, 0.6) is 0 Å². The molecule has 0 bridgehead atoms. The Kier molecular flexibility index (Phi) is 35.9. The summed E-state index contributed by atoms with van der Waals surface area (Å²) in [5.74, 6) is -0.150. The van der Waals surface area contributed by atoms with Crippen molar-refractivity contribution >= 4 is 13.7 Å². The molecule has 0 spiro atoms. The van der Waals surface area contributed by atoms with Gasteiger partial charge in [-0.05, 0) is 44.9 Å². The third kappa shape index (κ3) is 39.0. The van der Waals surface area contributed by atoms with E-state index in [-0.39, 0.29) is 19.1 Å². The fourth-order valence-corrected chi connectivity index (χ4v) is 7.11. The first-order chi connectivity index (χ1) is 25.5. The fourth-order valence-electron chi connectivity index (χ4n) is 6.37. The molecule has 0 rings (SSSR count). The molecule has 0 heterocycles. The number of likely N-dealkylation sites (N-methyl/N-ethyl adjacent to an activating group) is 1. The van der Waals surface area contributed by atoms with E-state index < -0.39 is 20.0 Å². The van der Waals surface area contributed by atoms with Crippen molar-refractivity contribution in [1.29, 1.82) is 0 Å². The van der Waals surface area contributed by atoms with E-state index in [1.54, 1.807) is 0 Å². The van der Waals surface area contributed by atoms with Gasteiger partial charge >= 0.3 is 7.82 Å². The number of rotatable bonds is 40. The van der Waals surface area contributed by atoms with Crippen molar-refractivity contribution in [2.75, 3.05) is 40.9 Å². The molecule has 3 N–H and O–H groups in total. The number of unbranched alkanes of at least 4 members (excludes halogenated alkanes) is 23. The number of nitrogens with zero attached hydrogens (tertiary/aromatic N) is 1. The summed E-state index contributed by atoms with van der Waals surface area (Å²) in [6, 6.07) is -0.759. The van der Waals surface area contributed by atoms with Gasteiger partial charge in [-0.15, -0.1) is 0 Å².